The van der Waals surface area contributed by atoms with Crippen molar-refractivity contribution in [2.24, 2.45) is 0 Å². The van der Waals surface area contributed by atoms with E-state index in [-0.39, 0.29) is 0 Å². The van der Waals surface area contributed by atoms with Gasteiger partial charge in [0.25, 0.3) is 0 Å². The van der Waals surface area contributed by atoms with Gasteiger partial charge in [-0.25, -0.2) is 9.97 Å². The number of hydrogen-bond donors (Lipinski definition) is 0. The van der Waals surface area contributed by atoms with Crippen molar-refractivity contribution in [1.29, 1.82) is 0 Å². The first kappa shape index (κ1) is 19.6. The minimum atomic E-state index is 0.319. The maximum Gasteiger partial charge on any atom is 0.236 e. The Bertz CT molecular complexity index is 791. The molecule has 2 aromatic rings. The molecule has 4 rings (SSSR count). The number of nitrogens with zero attached hydrogens (tertiary/aromatic N) is 5. The SMILES string of the molecule is CCc1cc2c(N3CCCN(CC(=O)N4CCCCC4)CCC3)ncnc2s1. The minimum absolute atomic E-state index is 0.319. The molecule has 152 valence electrons. The fourth-order valence-electron chi connectivity index (χ4n) is 4.32. The van der Waals surface area contributed by atoms with Gasteiger partial charge in [-0.05, 0) is 44.6 Å². The Morgan fingerprint density at radius 3 is 2.46 bits per heavy atom. The molecule has 0 N–H and O–H groups in total. The van der Waals surface area contributed by atoms with Crippen molar-refractivity contribution in [2.45, 2.75) is 45.4 Å². The lowest BCUT2D eigenvalue weighted by atomic mass is 10.1. The molecule has 0 unspecified atom stereocenters. The Hall–Kier alpha value is -1.73. The molecule has 0 atom stereocenters. The van der Waals surface area contributed by atoms with E-state index in [1.807, 2.05) is 0 Å². The summed E-state index contributed by atoms with van der Waals surface area (Å²) in [5.74, 6) is 1.40. The summed E-state index contributed by atoms with van der Waals surface area (Å²) in [7, 11) is 0. The highest BCUT2D eigenvalue weighted by atomic mass is 32.1. The second kappa shape index (κ2) is 9.18. The van der Waals surface area contributed by atoms with E-state index in [4.69, 9.17) is 0 Å². The Morgan fingerprint density at radius 2 is 1.75 bits per heavy atom. The monoisotopic (exact) mass is 401 g/mol. The molecule has 4 heterocycles. The molecule has 6 nitrogen and oxygen atoms in total. The topological polar surface area (TPSA) is 52.6 Å². The molecule has 2 aromatic heterocycles. The number of amides is 1. The standard InChI is InChI=1S/C21H31N5OS/c1-2-17-14-18-20(22-16-23-21(18)28-17)26-12-6-8-24(9-7-13-26)15-19(27)25-10-4-3-5-11-25/h14,16H,2-13,15H2,1H3. The van der Waals surface area contributed by atoms with Gasteiger partial charge in [0.1, 0.15) is 17.0 Å². The highest BCUT2D eigenvalue weighted by Gasteiger charge is 2.22. The molecule has 0 radical (unpaired) electrons. The third-order valence-electron chi connectivity index (χ3n) is 5.88. The van der Waals surface area contributed by atoms with Crippen LogP contribution in [0.2, 0.25) is 0 Å². The van der Waals surface area contributed by atoms with Gasteiger partial charge in [-0.15, -0.1) is 11.3 Å². The van der Waals surface area contributed by atoms with Gasteiger partial charge < -0.3 is 9.80 Å². The smallest absolute Gasteiger partial charge is 0.236 e. The van der Waals surface area contributed by atoms with Crippen LogP contribution in [0.4, 0.5) is 5.82 Å². The van der Waals surface area contributed by atoms with Gasteiger partial charge in [0.2, 0.25) is 5.91 Å². The summed E-state index contributed by atoms with van der Waals surface area (Å²) in [6.45, 7) is 8.60. The van der Waals surface area contributed by atoms with Crippen LogP contribution in [0.3, 0.4) is 0 Å². The number of fused-ring (bicyclic) bond motifs is 1. The molecule has 7 heteroatoms. The Balaban J connectivity index is 1.36. The molecule has 2 aliphatic heterocycles. The zero-order valence-electron chi connectivity index (χ0n) is 16.9. The van der Waals surface area contributed by atoms with E-state index in [0.717, 1.165) is 82.0 Å². The maximum absolute atomic E-state index is 12.6. The first-order valence-electron chi connectivity index (χ1n) is 10.7. The fourth-order valence-corrected chi connectivity index (χ4v) is 5.25. The third kappa shape index (κ3) is 4.46. The van der Waals surface area contributed by atoms with Crippen LogP contribution in [-0.4, -0.2) is 71.5 Å². The number of hydrogen-bond acceptors (Lipinski definition) is 6. The van der Waals surface area contributed by atoms with Gasteiger partial charge in [-0.3, -0.25) is 9.69 Å². The molecule has 1 amide bonds. The van der Waals surface area contributed by atoms with Gasteiger partial charge >= 0.3 is 0 Å². The van der Waals surface area contributed by atoms with Crippen LogP contribution in [0.25, 0.3) is 10.2 Å². The first-order valence-corrected chi connectivity index (χ1v) is 11.5. The molecule has 2 fully saturated rings. The van der Waals surface area contributed by atoms with E-state index in [0.29, 0.717) is 12.5 Å². The molecule has 2 aliphatic rings. The second-order valence-corrected chi connectivity index (χ2v) is 9.01. The quantitative estimate of drug-likeness (QED) is 0.788. The number of rotatable bonds is 4. The van der Waals surface area contributed by atoms with Crippen molar-refractivity contribution < 1.29 is 4.79 Å². The second-order valence-electron chi connectivity index (χ2n) is 7.89. The van der Waals surface area contributed by atoms with E-state index in [1.54, 1.807) is 17.7 Å². The van der Waals surface area contributed by atoms with Gasteiger partial charge in [-0.1, -0.05) is 6.92 Å². The molecule has 2 saturated heterocycles. The normalized spacial score (nSPS) is 19.6. The van der Waals surface area contributed by atoms with Gasteiger partial charge in [0, 0.05) is 44.1 Å². The summed E-state index contributed by atoms with van der Waals surface area (Å²) in [5.41, 5.74) is 0. The maximum atomic E-state index is 12.6. The van der Waals surface area contributed by atoms with Crippen molar-refractivity contribution in [1.82, 2.24) is 19.8 Å². The number of carbonyl (C=O) groups excluding carboxylic acids is 1. The van der Waals surface area contributed by atoms with Gasteiger partial charge in [0.05, 0.1) is 11.9 Å². The third-order valence-corrected chi connectivity index (χ3v) is 7.07. The largest absolute Gasteiger partial charge is 0.356 e. The molecule has 0 spiro atoms. The van der Waals surface area contributed by atoms with Crippen LogP contribution in [0.15, 0.2) is 12.4 Å². The van der Waals surface area contributed by atoms with Crippen molar-refractivity contribution >= 4 is 33.3 Å². The van der Waals surface area contributed by atoms with Crippen molar-refractivity contribution in [3.05, 3.63) is 17.3 Å². The van der Waals surface area contributed by atoms with Crippen molar-refractivity contribution in [3.63, 3.8) is 0 Å². The number of likely N-dealkylation sites (tertiary alicyclic amines) is 1. The lowest BCUT2D eigenvalue weighted by molar-refractivity contribution is -0.133. The molecular formula is C21H31N5OS. The van der Waals surface area contributed by atoms with Gasteiger partial charge in [-0.2, -0.15) is 0 Å². The number of anilines is 1. The fraction of sp³-hybridized carbons (Fsp3) is 0.667. The van der Waals surface area contributed by atoms with Crippen molar-refractivity contribution in [2.75, 3.05) is 50.7 Å². The zero-order valence-corrected chi connectivity index (χ0v) is 17.7. The van der Waals surface area contributed by atoms with E-state index < -0.39 is 0 Å². The van der Waals surface area contributed by atoms with Crippen molar-refractivity contribution in [3.8, 4) is 0 Å². The van der Waals surface area contributed by atoms with E-state index >= 15 is 0 Å². The first-order chi connectivity index (χ1) is 13.7. The molecule has 0 aliphatic carbocycles. The summed E-state index contributed by atoms with van der Waals surface area (Å²) in [6.07, 6.45) is 8.46. The van der Waals surface area contributed by atoms with E-state index in [1.165, 1.54) is 16.7 Å². The van der Waals surface area contributed by atoms with Gasteiger partial charge in [0.15, 0.2) is 0 Å². The highest BCUT2D eigenvalue weighted by molar-refractivity contribution is 7.18. The number of piperidine rings is 1. The molecule has 0 aromatic carbocycles. The van der Waals surface area contributed by atoms with Crippen LogP contribution in [0.5, 0.6) is 0 Å². The summed E-state index contributed by atoms with van der Waals surface area (Å²) in [6, 6.07) is 2.26. The number of thiophene rings is 1. The zero-order chi connectivity index (χ0) is 19.3. The van der Waals surface area contributed by atoms with Crippen LogP contribution in [-0.2, 0) is 11.2 Å². The predicted molar refractivity (Wildman–Crippen MR) is 115 cm³/mol. The Labute approximate surface area is 171 Å². The van der Waals surface area contributed by atoms with Crippen LogP contribution in [0, 0.1) is 0 Å². The predicted octanol–water partition coefficient (Wildman–Crippen LogP) is 3.17. The average molecular weight is 402 g/mol. The van der Waals surface area contributed by atoms with E-state index in [9.17, 15) is 4.79 Å². The van der Waals surface area contributed by atoms with E-state index in [2.05, 4.69) is 37.7 Å². The lowest BCUT2D eigenvalue weighted by Crippen LogP contribution is -2.45. The average Bonchev–Trinajstić information content (AvgIpc) is 3.14. The molecule has 0 saturated carbocycles. The molecular weight excluding hydrogens is 370 g/mol. The van der Waals surface area contributed by atoms with Crippen LogP contribution >= 0.6 is 11.3 Å². The Kier molecular flexibility index (Phi) is 6.42. The summed E-state index contributed by atoms with van der Waals surface area (Å²) < 4.78 is 0. The number of aryl methyl sites for hydroxylation is 1. The van der Waals surface area contributed by atoms with Crippen LogP contribution < -0.4 is 4.90 Å². The summed E-state index contributed by atoms with van der Waals surface area (Å²) in [4.78, 5) is 31.0. The molecule has 28 heavy (non-hydrogen) atoms. The lowest BCUT2D eigenvalue weighted by Gasteiger charge is -2.33. The highest BCUT2D eigenvalue weighted by Crippen LogP contribution is 2.31. The number of aromatic nitrogens is 2. The summed E-state index contributed by atoms with van der Waals surface area (Å²) >= 11 is 1.78. The minimum Gasteiger partial charge on any atom is -0.356 e. The number of carbonyl (C=O) groups is 1. The van der Waals surface area contributed by atoms with Crippen LogP contribution in [0.1, 0.15) is 43.9 Å². The Morgan fingerprint density at radius 1 is 1.00 bits per heavy atom. The summed E-state index contributed by atoms with van der Waals surface area (Å²) in [5, 5.41) is 1.20. The molecule has 0 bridgehead atoms.